The minimum Gasteiger partial charge on any atom is -0.465 e. The molecule has 5 heteroatoms. The molecule has 0 radical (unpaired) electrons. The van der Waals surface area contributed by atoms with Crippen LogP contribution < -0.4 is 0 Å². The molecule has 2 heterocycles. The smallest absolute Gasteiger partial charge is 0.320 e. The third kappa shape index (κ3) is 1.62. The van der Waals surface area contributed by atoms with E-state index in [1.165, 1.54) is 6.92 Å². The van der Waals surface area contributed by atoms with Crippen molar-refractivity contribution in [3.05, 3.63) is 18.0 Å². The first kappa shape index (κ1) is 10.9. The van der Waals surface area contributed by atoms with Crippen molar-refractivity contribution < 1.29 is 14.3 Å². The Kier molecular flexibility index (Phi) is 2.53. The number of aromatic nitrogens is 2. The topological polar surface area (TPSA) is 61.2 Å². The van der Waals surface area contributed by atoms with Gasteiger partial charge in [-0.25, -0.2) is 0 Å². The van der Waals surface area contributed by atoms with Crippen LogP contribution >= 0.6 is 0 Å². The molecule has 1 aliphatic heterocycles. The molecule has 0 spiro atoms. The standard InChI is InChI=1S/C11H14N2O3/c1-8(14)11(3-4-16-10(11)15)5-9-6-12-13(2)7-9/h6-7H,3-5H2,1-2H3. The SMILES string of the molecule is CC(=O)C1(Cc2cnn(C)c2)CCOC1=O. The molecule has 2 rings (SSSR count). The highest BCUT2D eigenvalue weighted by atomic mass is 16.5. The second kappa shape index (κ2) is 3.73. The Morgan fingerprint density at radius 3 is 2.88 bits per heavy atom. The third-order valence-electron chi connectivity index (χ3n) is 3.09. The normalized spacial score (nSPS) is 24.5. The number of aryl methyl sites for hydroxylation is 1. The van der Waals surface area contributed by atoms with Gasteiger partial charge in [-0.3, -0.25) is 14.3 Å². The van der Waals surface area contributed by atoms with Crippen molar-refractivity contribution >= 4 is 11.8 Å². The van der Waals surface area contributed by atoms with Crippen molar-refractivity contribution in [2.75, 3.05) is 6.61 Å². The lowest BCUT2D eigenvalue weighted by Crippen LogP contribution is -2.36. The first-order valence-corrected chi connectivity index (χ1v) is 5.20. The summed E-state index contributed by atoms with van der Waals surface area (Å²) in [5.74, 6) is -0.525. The molecule has 0 amide bonds. The van der Waals surface area contributed by atoms with Crippen LogP contribution in [-0.2, 0) is 27.8 Å². The average molecular weight is 222 g/mol. The third-order valence-corrected chi connectivity index (χ3v) is 3.09. The van der Waals surface area contributed by atoms with Gasteiger partial charge in [0.25, 0.3) is 0 Å². The van der Waals surface area contributed by atoms with Gasteiger partial charge in [-0.15, -0.1) is 0 Å². The molecule has 5 nitrogen and oxygen atoms in total. The summed E-state index contributed by atoms with van der Waals surface area (Å²) in [6.45, 7) is 1.78. The zero-order chi connectivity index (χ0) is 11.8. The van der Waals surface area contributed by atoms with Gasteiger partial charge in [0.2, 0.25) is 0 Å². The maximum Gasteiger partial charge on any atom is 0.320 e. The van der Waals surface area contributed by atoms with Crippen molar-refractivity contribution in [3.63, 3.8) is 0 Å². The summed E-state index contributed by atoms with van der Waals surface area (Å²) in [6, 6.07) is 0. The maximum absolute atomic E-state index is 11.7. The number of esters is 1. The number of nitrogens with zero attached hydrogens (tertiary/aromatic N) is 2. The van der Waals surface area contributed by atoms with Gasteiger partial charge in [-0.05, 0) is 18.9 Å². The van der Waals surface area contributed by atoms with Crippen molar-refractivity contribution in [2.24, 2.45) is 12.5 Å². The first-order valence-electron chi connectivity index (χ1n) is 5.20. The van der Waals surface area contributed by atoms with Gasteiger partial charge in [-0.1, -0.05) is 0 Å². The lowest BCUT2D eigenvalue weighted by atomic mass is 9.78. The van der Waals surface area contributed by atoms with E-state index < -0.39 is 11.4 Å². The fourth-order valence-corrected chi connectivity index (χ4v) is 2.07. The maximum atomic E-state index is 11.7. The van der Waals surface area contributed by atoms with E-state index in [4.69, 9.17) is 4.74 Å². The number of cyclic esters (lactones) is 1. The van der Waals surface area contributed by atoms with Crippen LogP contribution in [0.25, 0.3) is 0 Å². The van der Waals surface area contributed by atoms with Gasteiger partial charge in [0, 0.05) is 19.7 Å². The molecule has 1 atom stereocenters. The highest BCUT2D eigenvalue weighted by molar-refractivity contribution is 6.04. The van der Waals surface area contributed by atoms with E-state index in [0.29, 0.717) is 19.4 Å². The number of Topliss-reactive ketones (excluding diaryl/α,β-unsaturated/α-hetero) is 1. The van der Waals surface area contributed by atoms with Gasteiger partial charge in [0.15, 0.2) is 0 Å². The van der Waals surface area contributed by atoms with Crippen molar-refractivity contribution in [1.82, 2.24) is 9.78 Å². The molecule has 0 aromatic carbocycles. The van der Waals surface area contributed by atoms with Crippen LogP contribution in [0.2, 0.25) is 0 Å². The Bertz CT molecular complexity index is 438. The van der Waals surface area contributed by atoms with Crippen LogP contribution in [0.1, 0.15) is 18.9 Å². The summed E-state index contributed by atoms with van der Waals surface area (Å²) in [5, 5.41) is 4.03. The van der Waals surface area contributed by atoms with Gasteiger partial charge in [-0.2, -0.15) is 5.10 Å². The largest absolute Gasteiger partial charge is 0.465 e. The molecule has 1 unspecified atom stereocenters. The Hall–Kier alpha value is -1.65. The van der Waals surface area contributed by atoms with Crippen LogP contribution in [0.3, 0.4) is 0 Å². The van der Waals surface area contributed by atoms with E-state index in [2.05, 4.69) is 5.10 Å². The number of ketones is 1. The molecule has 0 aliphatic carbocycles. The quantitative estimate of drug-likeness (QED) is 0.551. The summed E-state index contributed by atoms with van der Waals surface area (Å²) in [5.41, 5.74) is -0.0974. The molecule has 86 valence electrons. The summed E-state index contributed by atoms with van der Waals surface area (Å²) >= 11 is 0. The highest BCUT2D eigenvalue weighted by Gasteiger charge is 2.48. The fraction of sp³-hybridized carbons (Fsp3) is 0.545. The molecule has 1 saturated heterocycles. The zero-order valence-corrected chi connectivity index (χ0v) is 9.40. The van der Waals surface area contributed by atoms with E-state index in [1.54, 1.807) is 17.9 Å². The highest BCUT2D eigenvalue weighted by Crippen LogP contribution is 2.34. The Morgan fingerprint density at radius 2 is 2.44 bits per heavy atom. The second-order valence-corrected chi connectivity index (χ2v) is 4.22. The zero-order valence-electron chi connectivity index (χ0n) is 9.40. The Morgan fingerprint density at radius 1 is 1.69 bits per heavy atom. The van der Waals surface area contributed by atoms with E-state index in [0.717, 1.165) is 5.56 Å². The van der Waals surface area contributed by atoms with Crippen LogP contribution in [0.5, 0.6) is 0 Å². The monoisotopic (exact) mass is 222 g/mol. The van der Waals surface area contributed by atoms with E-state index in [1.807, 2.05) is 6.20 Å². The number of hydrogen-bond donors (Lipinski definition) is 0. The van der Waals surface area contributed by atoms with E-state index in [-0.39, 0.29) is 5.78 Å². The van der Waals surface area contributed by atoms with Gasteiger partial charge >= 0.3 is 5.97 Å². The van der Waals surface area contributed by atoms with Gasteiger partial charge in [0.05, 0.1) is 12.8 Å². The summed E-state index contributed by atoms with van der Waals surface area (Å²) in [4.78, 5) is 23.3. The van der Waals surface area contributed by atoms with Crippen molar-refractivity contribution in [3.8, 4) is 0 Å². The van der Waals surface area contributed by atoms with Crippen LogP contribution in [0.4, 0.5) is 0 Å². The molecule has 0 saturated carbocycles. The number of hydrogen-bond acceptors (Lipinski definition) is 4. The van der Waals surface area contributed by atoms with Crippen LogP contribution in [-0.4, -0.2) is 28.1 Å². The lowest BCUT2D eigenvalue weighted by molar-refractivity contribution is -0.150. The lowest BCUT2D eigenvalue weighted by Gasteiger charge is -2.19. The molecular formula is C11H14N2O3. The van der Waals surface area contributed by atoms with Crippen molar-refractivity contribution in [1.29, 1.82) is 0 Å². The van der Waals surface area contributed by atoms with Crippen molar-refractivity contribution in [2.45, 2.75) is 19.8 Å². The minimum atomic E-state index is -0.983. The van der Waals surface area contributed by atoms with E-state index >= 15 is 0 Å². The minimum absolute atomic E-state index is 0.126. The number of carbonyl (C=O) groups is 2. The molecular weight excluding hydrogens is 208 g/mol. The Balaban J connectivity index is 2.28. The number of ether oxygens (including phenoxy) is 1. The first-order chi connectivity index (χ1) is 7.54. The average Bonchev–Trinajstić information content (AvgIpc) is 2.76. The molecule has 1 aliphatic rings. The predicted octanol–water partition coefficient (Wildman–Crippen LogP) is 0.485. The molecule has 1 aromatic heterocycles. The molecule has 0 N–H and O–H groups in total. The molecule has 1 aromatic rings. The second-order valence-electron chi connectivity index (χ2n) is 4.22. The number of rotatable bonds is 3. The molecule has 1 fully saturated rings. The Labute approximate surface area is 93.4 Å². The van der Waals surface area contributed by atoms with Gasteiger partial charge < -0.3 is 4.74 Å². The summed E-state index contributed by atoms with van der Waals surface area (Å²) < 4.78 is 6.58. The van der Waals surface area contributed by atoms with Crippen LogP contribution in [0.15, 0.2) is 12.4 Å². The number of carbonyl (C=O) groups excluding carboxylic acids is 2. The molecule has 16 heavy (non-hydrogen) atoms. The van der Waals surface area contributed by atoms with Gasteiger partial charge in [0.1, 0.15) is 11.2 Å². The fourth-order valence-electron chi connectivity index (χ4n) is 2.07. The summed E-state index contributed by atoms with van der Waals surface area (Å²) in [7, 11) is 1.80. The van der Waals surface area contributed by atoms with E-state index in [9.17, 15) is 9.59 Å². The van der Waals surface area contributed by atoms with Crippen LogP contribution in [0, 0.1) is 5.41 Å². The summed E-state index contributed by atoms with van der Waals surface area (Å²) in [6.07, 6.45) is 4.34. The molecule has 0 bridgehead atoms. The predicted molar refractivity (Wildman–Crippen MR) is 55.6 cm³/mol.